The third-order valence-electron chi connectivity index (χ3n) is 5.53. The first-order chi connectivity index (χ1) is 12.3. The molecular formula is C24H25P. The summed E-state index contributed by atoms with van der Waals surface area (Å²) in [5.74, 6) is 0. The monoisotopic (exact) mass is 344 g/mol. The molecule has 1 heteroatoms. The lowest BCUT2D eigenvalue weighted by atomic mass is 9.99. The van der Waals surface area contributed by atoms with Crippen LogP contribution in [0.4, 0.5) is 0 Å². The van der Waals surface area contributed by atoms with E-state index >= 15 is 0 Å². The van der Waals surface area contributed by atoms with Gasteiger partial charge in [0.25, 0.3) is 0 Å². The minimum atomic E-state index is -0.252. The average Bonchev–Trinajstić information content (AvgIpc) is 3.08. The summed E-state index contributed by atoms with van der Waals surface area (Å²) in [7, 11) is -0.252. The van der Waals surface area contributed by atoms with E-state index in [0.717, 1.165) is 0 Å². The number of hydrogen-bond acceptors (Lipinski definition) is 0. The molecule has 0 saturated carbocycles. The van der Waals surface area contributed by atoms with Crippen molar-refractivity contribution in [2.75, 3.05) is 0 Å². The van der Waals surface area contributed by atoms with Crippen LogP contribution in [-0.4, -0.2) is 0 Å². The van der Waals surface area contributed by atoms with Gasteiger partial charge in [-0.15, -0.1) is 0 Å². The van der Waals surface area contributed by atoms with Crippen molar-refractivity contribution in [3.63, 3.8) is 0 Å². The number of rotatable bonds is 3. The van der Waals surface area contributed by atoms with Crippen LogP contribution < -0.4 is 5.30 Å². The second-order valence-corrected chi connectivity index (χ2v) is 9.64. The van der Waals surface area contributed by atoms with Crippen LogP contribution in [0.1, 0.15) is 46.4 Å². The smallest absolute Gasteiger partial charge is 0.00904 e. The quantitative estimate of drug-likeness (QED) is 0.464. The van der Waals surface area contributed by atoms with Crippen LogP contribution in [-0.2, 0) is 0 Å². The maximum Gasteiger partial charge on any atom is 0.00904 e. The number of aryl methyl sites for hydroxylation is 2. The second kappa shape index (κ2) is 7.14. The Labute approximate surface area is 152 Å². The summed E-state index contributed by atoms with van der Waals surface area (Å²) in [6.45, 7) is 4.55. The van der Waals surface area contributed by atoms with Crippen LogP contribution in [0.15, 0.2) is 78.9 Å². The van der Waals surface area contributed by atoms with Gasteiger partial charge in [-0.2, -0.15) is 0 Å². The van der Waals surface area contributed by atoms with E-state index in [2.05, 4.69) is 92.7 Å². The molecule has 1 aliphatic rings. The second-order valence-electron chi connectivity index (χ2n) is 7.06. The topological polar surface area (TPSA) is 0 Å². The summed E-state index contributed by atoms with van der Waals surface area (Å²) in [4.78, 5) is 0. The molecule has 0 radical (unpaired) electrons. The van der Waals surface area contributed by atoms with Gasteiger partial charge in [-0.1, -0.05) is 86.8 Å². The third kappa shape index (κ3) is 3.16. The van der Waals surface area contributed by atoms with E-state index in [1.165, 1.54) is 24.0 Å². The van der Waals surface area contributed by atoms with Gasteiger partial charge >= 0.3 is 0 Å². The molecule has 0 nitrogen and oxygen atoms in total. The van der Waals surface area contributed by atoms with Crippen molar-refractivity contribution in [3.8, 4) is 0 Å². The molecule has 2 atom stereocenters. The molecule has 2 unspecified atom stereocenters. The maximum atomic E-state index is 2.36. The Bertz CT molecular complexity index is 799. The molecule has 0 amide bonds. The minimum Gasteiger partial charge on any atom is -0.0622 e. The van der Waals surface area contributed by atoms with Gasteiger partial charge < -0.3 is 0 Å². The Morgan fingerprint density at radius 1 is 0.600 bits per heavy atom. The van der Waals surface area contributed by atoms with Crippen LogP contribution in [0.5, 0.6) is 0 Å². The number of benzene rings is 3. The van der Waals surface area contributed by atoms with Crippen molar-refractivity contribution in [1.29, 1.82) is 0 Å². The molecule has 4 rings (SSSR count). The first-order valence-electron chi connectivity index (χ1n) is 9.20. The van der Waals surface area contributed by atoms with E-state index in [0.29, 0.717) is 11.3 Å². The van der Waals surface area contributed by atoms with Gasteiger partial charge in [-0.3, -0.25) is 0 Å². The molecule has 0 spiro atoms. The Kier molecular flexibility index (Phi) is 4.73. The number of hydrogen-bond donors (Lipinski definition) is 0. The highest BCUT2D eigenvalue weighted by molar-refractivity contribution is 7.66. The first-order valence-corrected chi connectivity index (χ1v) is 10.7. The summed E-state index contributed by atoms with van der Waals surface area (Å²) >= 11 is 0. The fourth-order valence-electron chi connectivity index (χ4n) is 4.30. The molecule has 0 aromatic heterocycles. The van der Waals surface area contributed by atoms with E-state index in [-0.39, 0.29) is 7.92 Å². The van der Waals surface area contributed by atoms with Crippen molar-refractivity contribution in [2.45, 2.75) is 38.0 Å². The van der Waals surface area contributed by atoms with E-state index < -0.39 is 0 Å². The predicted octanol–water partition coefficient (Wildman–Crippen LogP) is 6.69. The van der Waals surface area contributed by atoms with Gasteiger partial charge in [0.2, 0.25) is 0 Å². The fourth-order valence-corrected chi connectivity index (χ4v) is 8.01. The van der Waals surface area contributed by atoms with E-state index in [9.17, 15) is 0 Å². The molecule has 1 fully saturated rings. The largest absolute Gasteiger partial charge is 0.0622 e. The van der Waals surface area contributed by atoms with Gasteiger partial charge in [-0.25, -0.2) is 0 Å². The fraction of sp³-hybridized carbons (Fsp3) is 0.250. The molecule has 1 aliphatic heterocycles. The van der Waals surface area contributed by atoms with Gasteiger partial charge in [0.15, 0.2) is 0 Å². The summed E-state index contributed by atoms with van der Waals surface area (Å²) in [5, 5.41) is 1.55. The van der Waals surface area contributed by atoms with Crippen LogP contribution in [0.2, 0.25) is 0 Å². The summed E-state index contributed by atoms with van der Waals surface area (Å²) < 4.78 is 0. The van der Waals surface area contributed by atoms with Crippen molar-refractivity contribution in [1.82, 2.24) is 0 Å². The SMILES string of the molecule is Cc1ccccc1C1CCC(c2ccccc2C)P1c1ccccc1. The van der Waals surface area contributed by atoms with E-state index in [1.807, 2.05) is 0 Å². The van der Waals surface area contributed by atoms with Crippen LogP contribution in [0.25, 0.3) is 0 Å². The van der Waals surface area contributed by atoms with Crippen molar-refractivity contribution >= 4 is 13.2 Å². The average molecular weight is 344 g/mol. The van der Waals surface area contributed by atoms with Crippen LogP contribution in [0.3, 0.4) is 0 Å². The van der Waals surface area contributed by atoms with Crippen LogP contribution in [0, 0.1) is 13.8 Å². The molecule has 25 heavy (non-hydrogen) atoms. The molecule has 3 aromatic carbocycles. The third-order valence-corrected chi connectivity index (χ3v) is 8.84. The summed E-state index contributed by atoms with van der Waals surface area (Å²) in [6, 6.07) is 29.3. The van der Waals surface area contributed by atoms with Gasteiger partial charge in [0.1, 0.15) is 0 Å². The molecule has 0 bridgehead atoms. The molecule has 1 heterocycles. The highest BCUT2D eigenvalue weighted by atomic mass is 31.1. The zero-order chi connectivity index (χ0) is 17.2. The van der Waals surface area contributed by atoms with Crippen molar-refractivity contribution in [2.24, 2.45) is 0 Å². The van der Waals surface area contributed by atoms with Crippen molar-refractivity contribution in [3.05, 3.63) is 101 Å². The molecular weight excluding hydrogens is 319 g/mol. The Hall–Kier alpha value is -1.91. The van der Waals surface area contributed by atoms with E-state index in [1.54, 1.807) is 16.4 Å². The summed E-state index contributed by atoms with van der Waals surface area (Å²) in [6.07, 6.45) is 2.59. The van der Waals surface area contributed by atoms with Gasteiger partial charge in [-0.05, 0) is 54.2 Å². The predicted molar refractivity (Wildman–Crippen MR) is 110 cm³/mol. The molecule has 1 saturated heterocycles. The first kappa shape index (κ1) is 16.6. The zero-order valence-electron chi connectivity index (χ0n) is 15.0. The lowest BCUT2D eigenvalue weighted by Crippen LogP contribution is -2.08. The molecule has 0 N–H and O–H groups in total. The highest BCUT2D eigenvalue weighted by Crippen LogP contribution is 2.69. The highest BCUT2D eigenvalue weighted by Gasteiger charge is 2.39. The minimum absolute atomic E-state index is 0.252. The van der Waals surface area contributed by atoms with Crippen molar-refractivity contribution < 1.29 is 0 Å². The maximum absolute atomic E-state index is 2.36. The van der Waals surface area contributed by atoms with E-state index in [4.69, 9.17) is 0 Å². The van der Waals surface area contributed by atoms with Crippen LogP contribution >= 0.6 is 7.92 Å². The zero-order valence-corrected chi connectivity index (χ0v) is 15.9. The van der Waals surface area contributed by atoms with Gasteiger partial charge in [0, 0.05) is 11.3 Å². The molecule has 3 aromatic rings. The normalized spacial score (nSPS) is 22.9. The lowest BCUT2D eigenvalue weighted by molar-refractivity contribution is 0.760. The Balaban J connectivity index is 1.81. The molecule has 126 valence electrons. The Morgan fingerprint density at radius 3 is 1.52 bits per heavy atom. The standard InChI is InChI=1S/C24H25P/c1-18-10-6-8-14-21(18)23-16-17-24(22-15-9-7-11-19(22)2)25(23)20-12-4-3-5-13-20/h3-15,23-24H,16-17H2,1-2H3. The summed E-state index contributed by atoms with van der Waals surface area (Å²) in [5.41, 5.74) is 7.36. The lowest BCUT2D eigenvalue weighted by Gasteiger charge is -2.28. The Morgan fingerprint density at radius 2 is 1.04 bits per heavy atom. The molecule has 0 aliphatic carbocycles. The van der Waals surface area contributed by atoms with Gasteiger partial charge in [0.05, 0.1) is 0 Å².